The number of sulfonamides is 1. The maximum Gasteiger partial charge on any atom is 0.261 e. The number of benzene rings is 2. The average Bonchev–Trinajstić information content (AvgIpc) is 2.76. The summed E-state index contributed by atoms with van der Waals surface area (Å²) in [6.45, 7) is 7.66. The van der Waals surface area contributed by atoms with Gasteiger partial charge in [-0.1, -0.05) is 51.3 Å². The minimum absolute atomic E-state index is 0.141. The van der Waals surface area contributed by atoms with Crippen molar-refractivity contribution in [3.05, 3.63) is 53.6 Å². The summed E-state index contributed by atoms with van der Waals surface area (Å²) in [5.41, 5.74) is 2.44. The Morgan fingerprint density at radius 2 is 1.66 bits per heavy atom. The van der Waals surface area contributed by atoms with Gasteiger partial charge in [0.05, 0.1) is 10.6 Å². The van der Waals surface area contributed by atoms with Crippen LogP contribution in [0.1, 0.15) is 69.9 Å². The fourth-order valence-corrected chi connectivity index (χ4v) is 5.18. The molecule has 1 amide bonds. The van der Waals surface area contributed by atoms with Gasteiger partial charge in [0.2, 0.25) is 0 Å². The zero-order valence-corrected chi connectivity index (χ0v) is 20.2. The number of ether oxygens (including phenoxy) is 1. The van der Waals surface area contributed by atoms with Crippen molar-refractivity contribution in [2.24, 2.45) is 0 Å². The summed E-state index contributed by atoms with van der Waals surface area (Å²) in [5.74, 6) is 0.495. The van der Waals surface area contributed by atoms with Crippen LogP contribution in [0.15, 0.2) is 47.4 Å². The summed E-state index contributed by atoms with van der Waals surface area (Å²) in [7, 11) is -3.76. The van der Waals surface area contributed by atoms with Gasteiger partial charge < -0.3 is 10.1 Å². The predicted octanol–water partition coefficient (Wildman–Crippen LogP) is 5.14. The molecule has 1 aliphatic carbocycles. The van der Waals surface area contributed by atoms with Crippen molar-refractivity contribution >= 4 is 21.6 Å². The summed E-state index contributed by atoms with van der Waals surface area (Å²) in [5, 5.41) is 3.05. The van der Waals surface area contributed by atoms with Crippen molar-refractivity contribution in [2.75, 3.05) is 4.72 Å². The van der Waals surface area contributed by atoms with Crippen molar-refractivity contribution in [2.45, 2.75) is 82.8 Å². The largest absolute Gasteiger partial charge is 0.481 e. The molecule has 0 aliphatic heterocycles. The van der Waals surface area contributed by atoms with Crippen LogP contribution >= 0.6 is 0 Å². The maximum atomic E-state index is 13.0. The van der Waals surface area contributed by atoms with E-state index in [9.17, 15) is 13.2 Å². The van der Waals surface area contributed by atoms with Crippen LogP contribution in [-0.2, 0) is 14.8 Å². The first-order valence-corrected chi connectivity index (χ1v) is 12.8. The number of amides is 1. The van der Waals surface area contributed by atoms with Gasteiger partial charge in [0.25, 0.3) is 15.9 Å². The first-order valence-electron chi connectivity index (χ1n) is 11.4. The smallest absolute Gasteiger partial charge is 0.261 e. The molecular formula is C25H34N2O4S. The van der Waals surface area contributed by atoms with Gasteiger partial charge in [-0.05, 0) is 68.0 Å². The van der Waals surface area contributed by atoms with Crippen LogP contribution in [0, 0.1) is 6.92 Å². The van der Waals surface area contributed by atoms with Crippen molar-refractivity contribution in [1.29, 1.82) is 0 Å². The minimum Gasteiger partial charge on any atom is -0.481 e. The van der Waals surface area contributed by atoms with Gasteiger partial charge in [0, 0.05) is 6.04 Å². The van der Waals surface area contributed by atoms with Crippen molar-refractivity contribution in [1.82, 2.24) is 5.32 Å². The van der Waals surface area contributed by atoms with E-state index in [1.807, 2.05) is 39.0 Å². The molecule has 7 heteroatoms. The Morgan fingerprint density at radius 1 is 1.00 bits per heavy atom. The first-order chi connectivity index (χ1) is 15.2. The molecule has 2 N–H and O–H groups in total. The number of carbonyl (C=O) groups excluding carboxylic acids is 1. The summed E-state index contributed by atoms with van der Waals surface area (Å²) in [6.07, 6.45) is 4.88. The normalized spacial score (nSPS) is 15.9. The monoisotopic (exact) mass is 458 g/mol. The lowest BCUT2D eigenvalue weighted by molar-refractivity contribution is -0.128. The molecule has 0 bridgehead atoms. The predicted molar refractivity (Wildman–Crippen MR) is 128 cm³/mol. The van der Waals surface area contributed by atoms with E-state index in [2.05, 4.69) is 10.0 Å². The van der Waals surface area contributed by atoms with E-state index in [-0.39, 0.29) is 22.8 Å². The number of rotatable bonds is 8. The third-order valence-corrected chi connectivity index (χ3v) is 7.30. The molecule has 1 atom stereocenters. The molecule has 6 nitrogen and oxygen atoms in total. The van der Waals surface area contributed by atoms with Crippen LogP contribution in [0.3, 0.4) is 0 Å². The fourth-order valence-electron chi connectivity index (χ4n) is 4.02. The van der Waals surface area contributed by atoms with Gasteiger partial charge >= 0.3 is 0 Å². The number of carbonyl (C=O) groups is 1. The second-order valence-electron chi connectivity index (χ2n) is 8.87. The molecule has 2 aromatic carbocycles. The molecule has 32 heavy (non-hydrogen) atoms. The van der Waals surface area contributed by atoms with E-state index in [1.54, 1.807) is 19.1 Å². The number of anilines is 1. The summed E-state index contributed by atoms with van der Waals surface area (Å²) < 4.78 is 34.4. The lowest BCUT2D eigenvalue weighted by Gasteiger charge is -2.24. The van der Waals surface area contributed by atoms with Crippen molar-refractivity contribution < 1.29 is 17.9 Å². The van der Waals surface area contributed by atoms with Gasteiger partial charge in [0.1, 0.15) is 5.75 Å². The molecule has 1 aliphatic rings. The van der Waals surface area contributed by atoms with Crippen molar-refractivity contribution in [3.8, 4) is 5.75 Å². The van der Waals surface area contributed by atoms with Crippen LogP contribution < -0.4 is 14.8 Å². The maximum absolute atomic E-state index is 13.0. The molecule has 0 spiro atoms. The fraction of sp³-hybridized carbons (Fsp3) is 0.480. The second-order valence-corrected chi connectivity index (χ2v) is 10.6. The van der Waals surface area contributed by atoms with Crippen LogP contribution in [-0.4, -0.2) is 26.5 Å². The van der Waals surface area contributed by atoms with Crippen LogP contribution in [0.4, 0.5) is 5.69 Å². The van der Waals surface area contributed by atoms with E-state index >= 15 is 0 Å². The Hall–Kier alpha value is -2.54. The highest BCUT2D eigenvalue weighted by atomic mass is 32.2. The number of hydrogen-bond donors (Lipinski definition) is 2. The Labute approximate surface area is 191 Å². The Balaban J connectivity index is 1.66. The average molecular weight is 459 g/mol. The molecule has 0 unspecified atom stereocenters. The summed E-state index contributed by atoms with van der Waals surface area (Å²) in [4.78, 5) is 12.6. The standard InChI is InChI=1S/C25H34N2O4S/c1-17(2)23-12-8-9-18(3)24(23)27-32(29,30)22-15-13-21(14-16-22)31-19(4)25(28)26-20-10-6-5-7-11-20/h8-9,12-17,19-20,27H,5-7,10-11H2,1-4H3,(H,26,28)/t19-/m1/s1. The highest BCUT2D eigenvalue weighted by molar-refractivity contribution is 7.92. The molecule has 0 radical (unpaired) electrons. The van der Waals surface area contributed by atoms with Gasteiger partial charge in [0.15, 0.2) is 6.10 Å². The molecule has 174 valence electrons. The van der Waals surface area contributed by atoms with Gasteiger partial charge in [-0.2, -0.15) is 0 Å². The molecule has 3 rings (SSSR count). The molecule has 0 heterocycles. The number of aryl methyl sites for hydroxylation is 1. The van der Waals surface area contributed by atoms with Gasteiger partial charge in [-0.3, -0.25) is 9.52 Å². The lowest BCUT2D eigenvalue weighted by Crippen LogP contribution is -2.43. The first kappa shape index (κ1) is 24.1. The van der Waals surface area contributed by atoms with Gasteiger partial charge in [-0.25, -0.2) is 8.42 Å². The number of hydrogen-bond acceptors (Lipinski definition) is 4. The highest BCUT2D eigenvalue weighted by Crippen LogP contribution is 2.30. The molecule has 2 aromatic rings. The van der Waals surface area contributed by atoms with E-state index in [4.69, 9.17) is 4.74 Å². The second kappa shape index (κ2) is 10.4. The SMILES string of the molecule is Cc1cccc(C(C)C)c1NS(=O)(=O)c1ccc(O[C@H](C)C(=O)NC2CCCCC2)cc1. The van der Waals surface area contributed by atoms with E-state index in [1.165, 1.54) is 18.6 Å². The zero-order chi connectivity index (χ0) is 23.3. The van der Waals surface area contributed by atoms with E-state index < -0.39 is 16.1 Å². The highest BCUT2D eigenvalue weighted by Gasteiger charge is 2.22. The Bertz CT molecular complexity index is 1030. The zero-order valence-electron chi connectivity index (χ0n) is 19.4. The topological polar surface area (TPSA) is 84.5 Å². The lowest BCUT2D eigenvalue weighted by atomic mass is 9.95. The third-order valence-electron chi connectivity index (χ3n) is 5.93. The third kappa shape index (κ3) is 6.03. The van der Waals surface area contributed by atoms with Crippen molar-refractivity contribution in [3.63, 3.8) is 0 Å². The number of nitrogens with one attached hydrogen (secondary N) is 2. The Kier molecular flexibility index (Phi) is 7.82. The van der Waals surface area contributed by atoms with E-state index in [0.717, 1.165) is 36.8 Å². The molecule has 1 fully saturated rings. The minimum atomic E-state index is -3.76. The van der Waals surface area contributed by atoms with Crippen LogP contribution in [0.2, 0.25) is 0 Å². The molecule has 0 aromatic heterocycles. The van der Waals surface area contributed by atoms with Crippen LogP contribution in [0.25, 0.3) is 0 Å². The Morgan fingerprint density at radius 3 is 2.28 bits per heavy atom. The molecular weight excluding hydrogens is 424 g/mol. The van der Waals surface area contributed by atoms with Gasteiger partial charge in [-0.15, -0.1) is 0 Å². The number of para-hydroxylation sites is 1. The van der Waals surface area contributed by atoms with Crippen LogP contribution in [0.5, 0.6) is 5.75 Å². The van der Waals surface area contributed by atoms with E-state index in [0.29, 0.717) is 11.4 Å². The quantitative estimate of drug-likeness (QED) is 0.574. The summed E-state index contributed by atoms with van der Waals surface area (Å²) in [6, 6.07) is 12.1. The molecule has 1 saturated carbocycles. The summed E-state index contributed by atoms with van der Waals surface area (Å²) >= 11 is 0. The molecule has 0 saturated heterocycles.